The zero-order valence-electron chi connectivity index (χ0n) is 12.9. The van der Waals surface area contributed by atoms with Crippen molar-refractivity contribution in [3.63, 3.8) is 0 Å². The molecule has 0 unspecified atom stereocenters. The Morgan fingerprint density at radius 2 is 2.00 bits per heavy atom. The molecular weight excluding hydrogens is 288 g/mol. The summed E-state index contributed by atoms with van der Waals surface area (Å²) >= 11 is 0. The molecule has 2 rings (SSSR count). The summed E-state index contributed by atoms with van der Waals surface area (Å²) in [4.78, 5) is 0.331. The van der Waals surface area contributed by atoms with Crippen molar-refractivity contribution in [1.82, 2.24) is 14.5 Å². The van der Waals surface area contributed by atoms with Crippen LogP contribution in [0.15, 0.2) is 4.90 Å². The molecule has 0 amide bonds. The first-order chi connectivity index (χ1) is 9.95. The van der Waals surface area contributed by atoms with Crippen LogP contribution in [0.3, 0.4) is 0 Å². The number of hydrogen-bond donors (Lipinski definition) is 2. The van der Waals surface area contributed by atoms with Crippen LogP contribution in [-0.2, 0) is 16.6 Å². The van der Waals surface area contributed by atoms with Crippen molar-refractivity contribution in [2.75, 3.05) is 13.1 Å². The van der Waals surface area contributed by atoms with Crippen molar-refractivity contribution in [2.45, 2.75) is 57.4 Å². The Kier molecular flexibility index (Phi) is 5.40. The Labute approximate surface area is 127 Å². The van der Waals surface area contributed by atoms with Crippen LogP contribution >= 0.6 is 0 Å². The number of nitrogens with zero attached hydrogens (tertiary/aromatic N) is 2. The van der Waals surface area contributed by atoms with Gasteiger partial charge in [0.25, 0.3) is 0 Å². The molecule has 1 aliphatic rings. The quantitative estimate of drug-likeness (QED) is 0.794. The fourth-order valence-corrected chi connectivity index (χ4v) is 4.57. The number of hydrogen-bond acceptors (Lipinski definition) is 4. The van der Waals surface area contributed by atoms with E-state index in [9.17, 15) is 8.42 Å². The fourth-order valence-electron chi connectivity index (χ4n) is 3.04. The SMILES string of the molecule is Cc1nn(CCCN)c(C)c1S(=O)(=O)NCC1CCCC1. The van der Waals surface area contributed by atoms with Gasteiger partial charge in [-0.25, -0.2) is 13.1 Å². The molecule has 1 aromatic heterocycles. The molecular formula is C14H26N4O2S. The summed E-state index contributed by atoms with van der Waals surface area (Å²) in [7, 11) is -3.48. The topological polar surface area (TPSA) is 90.0 Å². The van der Waals surface area contributed by atoms with E-state index in [1.807, 2.05) is 0 Å². The van der Waals surface area contributed by atoms with Crippen molar-refractivity contribution >= 4 is 10.0 Å². The van der Waals surface area contributed by atoms with Gasteiger partial charge in [0.15, 0.2) is 0 Å². The number of sulfonamides is 1. The first-order valence-electron chi connectivity index (χ1n) is 7.69. The molecule has 1 saturated carbocycles. The van der Waals surface area contributed by atoms with Gasteiger partial charge in [0.05, 0.1) is 11.4 Å². The highest BCUT2D eigenvalue weighted by Gasteiger charge is 2.26. The summed E-state index contributed by atoms with van der Waals surface area (Å²) in [5, 5.41) is 4.34. The van der Waals surface area contributed by atoms with Crippen LogP contribution in [-0.4, -0.2) is 31.3 Å². The average Bonchev–Trinajstić information content (AvgIpc) is 3.03. The van der Waals surface area contributed by atoms with Crippen LogP contribution in [0.4, 0.5) is 0 Å². The molecule has 0 aliphatic heterocycles. The molecule has 1 heterocycles. The molecule has 1 aliphatic carbocycles. The standard InChI is InChI=1S/C14H26N4O2S/c1-11-14(12(2)18(17-11)9-5-8-15)21(19,20)16-10-13-6-3-4-7-13/h13,16H,3-10,15H2,1-2H3. The van der Waals surface area contributed by atoms with E-state index >= 15 is 0 Å². The lowest BCUT2D eigenvalue weighted by molar-refractivity contribution is 0.518. The maximum Gasteiger partial charge on any atom is 0.244 e. The van der Waals surface area contributed by atoms with Gasteiger partial charge in [0.1, 0.15) is 4.90 Å². The molecule has 0 spiro atoms. The Morgan fingerprint density at radius 3 is 2.62 bits per heavy atom. The van der Waals surface area contributed by atoms with Crippen molar-refractivity contribution in [1.29, 1.82) is 0 Å². The minimum atomic E-state index is -3.48. The van der Waals surface area contributed by atoms with E-state index in [0.717, 1.165) is 19.3 Å². The van der Waals surface area contributed by atoms with Gasteiger partial charge in [-0.2, -0.15) is 5.10 Å². The minimum absolute atomic E-state index is 0.331. The largest absolute Gasteiger partial charge is 0.330 e. The first kappa shape index (κ1) is 16.5. The van der Waals surface area contributed by atoms with Crippen LogP contribution in [0.5, 0.6) is 0 Å². The van der Waals surface area contributed by atoms with E-state index in [1.54, 1.807) is 18.5 Å². The third-order valence-corrected chi connectivity index (χ3v) is 5.87. The molecule has 0 saturated heterocycles. The molecule has 1 aromatic rings. The van der Waals surface area contributed by atoms with Crippen LogP contribution in [0, 0.1) is 19.8 Å². The second-order valence-electron chi connectivity index (χ2n) is 5.87. The molecule has 7 heteroatoms. The second-order valence-corrected chi connectivity index (χ2v) is 7.57. The smallest absolute Gasteiger partial charge is 0.244 e. The summed E-state index contributed by atoms with van der Waals surface area (Å²) in [6.45, 7) is 5.31. The summed E-state index contributed by atoms with van der Waals surface area (Å²) < 4.78 is 29.6. The zero-order valence-corrected chi connectivity index (χ0v) is 13.7. The number of rotatable bonds is 7. The molecule has 0 radical (unpaired) electrons. The van der Waals surface area contributed by atoms with Gasteiger partial charge in [-0.1, -0.05) is 12.8 Å². The Bertz CT molecular complexity index is 574. The highest BCUT2D eigenvalue weighted by molar-refractivity contribution is 7.89. The first-order valence-corrected chi connectivity index (χ1v) is 9.17. The maximum absolute atomic E-state index is 12.5. The Morgan fingerprint density at radius 1 is 1.33 bits per heavy atom. The molecule has 120 valence electrons. The van der Waals surface area contributed by atoms with E-state index < -0.39 is 10.0 Å². The number of aromatic nitrogens is 2. The lowest BCUT2D eigenvalue weighted by atomic mass is 10.1. The predicted octanol–water partition coefficient (Wildman–Crippen LogP) is 1.32. The summed E-state index contributed by atoms with van der Waals surface area (Å²) in [5.74, 6) is 0.479. The van der Waals surface area contributed by atoms with E-state index in [0.29, 0.717) is 41.8 Å². The van der Waals surface area contributed by atoms with Gasteiger partial charge in [0, 0.05) is 13.1 Å². The fraction of sp³-hybridized carbons (Fsp3) is 0.786. The van der Waals surface area contributed by atoms with Crippen molar-refractivity contribution in [2.24, 2.45) is 11.7 Å². The number of nitrogens with one attached hydrogen (secondary N) is 1. The lowest BCUT2D eigenvalue weighted by Gasteiger charge is -2.11. The third-order valence-electron chi connectivity index (χ3n) is 4.19. The van der Waals surface area contributed by atoms with Crippen LogP contribution < -0.4 is 10.5 Å². The normalized spacial score (nSPS) is 16.7. The Hall–Kier alpha value is -0.920. The molecule has 6 nitrogen and oxygen atoms in total. The van der Waals surface area contributed by atoms with Crippen molar-refractivity contribution in [3.05, 3.63) is 11.4 Å². The molecule has 1 fully saturated rings. The maximum atomic E-state index is 12.5. The average molecular weight is 314 g/mol. The number of nitrogens with two attached hydrogens (primary N) is 1. The van der Waals surface area contributed by atoms with Gasteiger partial charge >= 0.3 is 0 Å². The summed E-state index contributed by atoms with van der Waals surface area (Å²) in [5.41, 5.74) is 6.76. The third kappa shape index (κ3) is 3.84. The minimum Gasteiger partial charge on any atom is -0.330 e. The van der Waals surface area contributed by atoms with E-state index in [-0.39, 0.29) is 0 Å². The monoisotopic (exact) mass is 314 g/mol. The lowest BCUT2D eigenvalue weighted by Crippen LogP contribution is -2.29. The molecule has 3 N–H and O–H groups in total. The molecule has 0 aromatic carbocycles. The van der Waals surface area contributed by atoms with Gasteiger partial charge in [-0.05, 0) is 45.6 Å². The van der Waals surface area contributed by atoms with Gasteiger partial charge in [-0.15, -0.1) is 0 Å². The van der Waals surface area contributed by atoms with Crippen molar-refractivity contribution in [3.8, 4) is 0 Å². The van der Waals surface area contributed by atoms with Gasteiger partial charge < -0.3 is 5.73 Å². The second kappa shape index (κ2) is 6.89. The number of aryl methyl sites for hydroxylation is 2. The summed E-state index contributed by atoms with van der Waals surface area (Å²) in [6.07, 6.45) is 5.45. The predicted molar refractivity (Wildman–Crippen MR) is 82.5 cm³/mol. The van der Waals surface area contributed by atoms with Crippen LogP contribution in [0.2, 0.25) is 0 Å². The van der Waals surface area contributed by atoms with E-state index in [4.69, 9.17) is 5.73 Å². The Balaban J connectivity index is 2.13. The highest BCUT2D eigenvalue weighted by atomic mass is 32.2. The highest BCUT2D eigenvalue weighted by Crippen LogP contribution is 2.25. The van der Waals surface area contributed by atoms with E-state index in [2.05, 4.69) is 9.82 Å². The molecule has 0 atom stereocenters. The zero-order chi connectivity index (χ0) is 15.5. The van der Waals surface area contributed by atoms with Crippen LogP contribution in [0.25, 0.3) is 0 Å². The van der Waals surface area contributed by atoms with Crippen LogP contribution in [0.1, 0.15) is 43.5 Å². The van der Waals surface area contributed by atoms with Gasteiger partial charge in [-0.3, -0.25) is 4.68 Å². The van der Waals surface area contributed by atoms with Crippen molar-refractivity contribution < 1.29 is 8.42 Å². The van der Waals surface area contributed by atoms with E-state index in [1.165, 1.54) is 12.8 Å². The molecule has 21 heavy (non-hydrogen) atoms. The summed E-state index contributed by atoms with van der Waals surface area (Å²) in [6, 6.07) is 0. The van der Waals surface area contributed by atoms with Gasteiger partial charge in [0.2, 0.25) is 10.0 Å². The molecule has 0 bridgehead atoms.